The van der Waals surface area contributed by atoms with Gasteiger partial charge in [-0.15, -0.1) is 0 Å². The third kappa shape index (κ3) is 4.26. The number of ether oxygens (including phenoxy) is 1. The Labute approximate surface area is 153 Å². The molecule has 1 atom stereocenters. The van der Waals surface area contributed by atoms with Gasteiger partial charge in [-0.25, -0.2) is 13.1 Å². The highest BCUT2D eigenvalue weighted by Crippen LogP contribution is 2.26. The molecule has 1 heterocycles. The summed E-state index contributed by atoms with van der Waals surface area (Å²) >= 11 is 5.99. The number of halogens is 1. The number of nitrogens with zero attached hydrogens (tertiary/aromatic N) is 1. The van der Waals surface area contributed by atoms with Gasteiger partial charge in [-0.05, 0) is 48.7 Å². The standard InChI is InChI=1S/C18H21ClN2O3S/c1-24-16-8-6-15(7-9-16)21-11-10-14(13-21)12-20-25(22,23)18-5-3-2-4-17(18)19/h2-9,14,20H,10-13H2,1H3. The van der Waals surface area contributed by atoms with E-state index >= 15 is 0 Å². The molecular formula is C18H21ClN2O3S. The van der Waals surface area contributed by atoms with Crippen molar-refractivity contribution in [3.05, 3.63) is 53.6 Å². The number of nitrogens with one attached hydrogen (secondary N) is 1. The second-order valence-electron chi connectivity index (χ2n) is 6.08. The van der Waals surface area contributed by atoms with E-state index < -0.39 is 10.0 Å². The summed E-state index contributed by atoms with van der Waals surface area (Å²) in [5.74, 6) is 1.09. The van der Waals surface area contributed by atoms with Gasteiger partial charge in [-0.2, -0.15) is 0 Å². The molecule has 7 heteroatoms. The molecule has 134 valence electrons. The first-order valence-corrected chi connectivity index (χ1v) is 9.99. The third-order valence-corrected chi connectivity index (χ3v) is 6.33. The van der Waals surface area contributed by atoms with Crippen LogP contribution < -0.4 is 14.4 Å². The first kappa shape index (κ1) is 18.0. The van der Waals surface area contributed by atoms with Crippen LogP contribution in [0.3, 0.4) is 0 Å². The van der Waals surface area contributed by atoms with Crippen LogP contribution in [0.4, 0.5) is 5.69 Å². The molecule has 0 aliphatic carbocycles. The molecule has 0 saturated carbocycles. The molecule has 1 N–H and O–H groups in total. The van der Waals surface area contributed by atoms with Crippen molar-refractivity contribution < 1.29 is 13.2 Å². The molecule has 1 fully saturated rings. The fourth-order valence-corrected chi connectivity index (χ4v) is 4.63. The Hall–Kier alpha value is -1.76. The molecule has 0 aromatic heterocycles. The number of hydrogen-bond donors (Lipinski definition) is 1. The minimum absolute atomic E-state index is 0.127. The molecule has 1 unspecified atom stereocenters. The molecule has 2 aromatic rings. The van der Waals surface area contributed by atoms with Crippen LogP contribution in [0.5, 0.6) is 5.75 Å². The number of sulfonamides is 1. The van der Waals surface area contributed by atoms with Gasteiger partial charge in [0.25, 0.3) is 0 Å². The maximum Gasteiger partial charge on any atom is 0.242 e. The quantitative estimate of drug-likeness (QED) is 0.836. The number of methoxy groups -OCH3 is 1. The highest BCUT2D eigenvalue weighted by Gasteiger charge is 2.25. The van der Waals surface area contributed by atoms with Gasteiger partial charge in [0.2, 0.25) is 10.0 Å². The average Bonchev–Trinajstić information content (AvgIpc) is 3.09. The smallest absolute Gasteiger partial charge is 0.242 e. The Kier molecular flexibility index (Phi) is 5.51. The molecule has 2 aromatic carbocycles. The van der Waals surface area contributed by atoms with E-state index in [1.165, 1.54) is 6.07 Å². The molecular weight excluding hydrogens is 360 g/mol. The molecule has 0 amide bonds. The third-order valence-electron chi connectivity index (χ3n) is 4.41. The van der Waals surface area contributed by atoms with Gasteiger partial charge in [-0.1, -0.05) is 23.7 Å². The molecule has 0 bridgehead atoms. The summed E-state index contributed by atoms with van der Waals surface area (Å²) < 4.78 is 32.7. The van der Waals surface area contributed by atoms with E-state index in [2.05, 4.69) is 9.62 Å². The lowest BCUT2D eigenvalue weighted by atomic mass is 10.1. The molecule has 5 nitrogen and oxygen atoms in total. The second-order valence-corrected chi connectivity index (χ2v) is 8.22. The van der Waals surface area contributed by atoms with Crippen LogP contribution in [-0.4, -0.2) is 35.2 Å². The number of hydrogen-bond acceptors (Lipinski definition) is 4. The van der Waals surface area contributed by atoms with Gasteiger partial charge < -0.3 is 9.64 Å². The van der Waals surface area contributed by atoms with Crippen LogP contribution in [0.1, 0.15) is 6.42 Å². The average molecular weight is 381 g/mol. The van der Waals surface area contributed by atoms with E-state index in [1.54, 1.807) is 25.3 Å². The Morgan fingerprint density at radius 1 is 1.20 bits per heavy atom. The molecule has 0 radical (unpaired) electrons. The van der Waals surface area contributed by atoms with Gasteiger partial charge in [0.1, 0.15) is 10.6 Å². The van der Waals surface area contributed by atoms with Gasteiger partial charge in [0.05, 0.1) is 12.1 Å². The van der Waals surface area contributed by atoms with E-state index in [-0.39, 0.29) is 15.8 Å². The predicted octanol–water partition coefficient (Wildman–Crippen LogP) is 3.15. The first-order valence-electron chi connectivity index (χ1n) is 8.13. The molecule has 1 aliphatic heterocycles. The van der Waals surface area contributed by atoms with Crippen molar-refractivity contribution in [1.29, 1.82) is 0 Å². The highest BCUT2D eigenvalue weighted by atomic mass is 35.5. The van der Waals surface area contributed by atoms with Gasteiger partial charge in [0.15, 0.2) is 0 Å². The highest BCUT2D eigenvalue weighted by molar-refractivity contribution is 7.89. The molecule has 0 spiro atoms. The Balaban J connectivity index is 1.59. The SMILES string of the molecule is COc1ccc(N2CCC(CNS(=O)(=O)c3ccccc3Cl)C2)cc1. The van der Waals surface area contributed by atoms with Crippen molar-refractivity contribution in [2.75, 3.05) is 31.6 Å². The first-order chi connectivity index (χ1) is 12.0. The molecule has 1 aliphatic rings. The van der Waals surface area contributed by atoms with E-state index in [0.717, 1.165) is 30.9 Å². The summed E-state index contributed by atoms with van der Waals surface area (Å²) in [6.45, 7) is 2.13. The Morgan fingerprint density at radius 2 is 1.92 bits per heavy atom. The second kappa shape index (κ2) is 7.64. The molecule has 25 heavy (non-hydrogen) atoms. The van der Waals surface area contributed by atoms with E-state index in [0.29, 0.717) is 6.54 Å². The number of anilines is 1. The summed E-state index contributed by atoms with van der Waals surface area (Å²) in [4.78, 5) is 2.38. The van der Waals surface area contributed by atoms with Crippen molar-refractivity contribution in [2.24, 2.45) is 5.92 Å². The monoisotopic (exact) mass is 380 g/mol. The fourth-order valence-electron chi connectivity index (χ4n) is 2.99. The van der Waals surface area contributed by atoms with Crippen LogP contribution in [0.15, 0.2) is 53.4 Å². The number of benzene rings is 2. The maximum absolute atomic E-state index is 12.4. The normalized spacial score (nSPS) is 17.7. The van der Waals surface area contributed by atoms with Crippen LogP contribution >= 0.6 is 11.6 Å². The lowest BCUT2D eigenvalue weighted by Crippen LogP contribution is -2.31. The van der Waals surface area contributed by atoms with Crippen molar-refractivity contribution in [3.63, 3.8) is 0 Å². The van der Waals surface area contributed by atoms with E-state index in [9.17, 15) is 8.42 Å². The largest absolute Gasteiger partial charge is 0.497 e. The fraction of sp³-hybridized carbons (Fsp3) is 0.333. The minimum atomic E-state index is -3.59. The summed E-state index contributed by atoms with van der Waals surface area (Å²) in [5.41, 5.74) is 1.12. The zero-order valence-corrected chi connectivity index (χ0v) is 15.6. The van der Waals surface area contributed by atoms with Crippen molar-refractivity contribution in [2.45, 2.75) is 11.3 Å². The summed E-state index contributed by atoms with van der Waals surface area (Å²) in [6, 6.07) is 14.4. The number of rotatable bonds is 6. The van der Waals surface area contributed by atoms with E-state index in [1.807, 2.05) is 24.3 Å². The Morgan fingerprint density at radius 3 is 2.60 bits per heavy atom. The summed E-state index contributed by atoms with van der Waals surface area (Å²) in [7, 11) is -1.94. The summed E-state index contributed by atoms with van der Waals surface area (Å²) in [6.07, 6.45) is 0.942. The lowest BCUT2D eigenvalue weighted by molar-refractivity contribution is 0.415. The maximum atomic E-state index is 12.4. The van der Waals surface area contributed by atoms with Crippen LogP contribution in [0, 0.1) is 5.92 Å². The van der Waals surface area contributed by atoms with Crippen LogP contribution in [0.2, 0.25) is 5.02 Å². The minimum Gasteiger partial charge on any atom is -0.497 e. The van der Waals surface area contributed by atoms with Crippen molar-refractivity contribution >= 4 is 27.3 Å². The zero-order chi connectivity index (χ0) is 17.9. The Bertz CT molecular complexity index is 824. The summed E-state index contributed by atoms with van der Waals surface area (Å²) in [5, 5.41) is 0.237. The topological polar surface area (TPSA) is 58.6 Å². The van der Waals surface area contributed by atoms with E-state index in [4.69, 9.17) is 16.3 Å². The van der Waals surface area contributed by atoms with Crippen molar-refractivity contribution in [1.82, 2.24) is 4.72 Å². The molecule has 1 saturated heterocycles. The lowest BCUT2D eigenvalue weighted by Gasteiger charge is -2.19. The zero-order valence-electron chi connectivity index (χ0n) is 14.0. The molecule has 3 rings (SSSR count). The van der Waals surface area contributed by atoms with Crippen molar-refractivity contribution in [3.8, 4) is 5.75 Å². The van der Waals surface area contributed by atoms with Gasteiger partial charge in [0, 0.05) is 25.3 Å². The van der Waals surface area contributed by atoms with Crippen LogP contribution in [0.25, 0.3) is 0 Å². The van der Waals surface area contributed by atoms with Gasteiger partial charge in [-0.3, -0.25) is 0 Å². The van der Waals surface area contributed by atoms with Crippen LogP contribution in [-0.2, 0) is 10.0 Å². The predicted molar refractivity (Wildman–Crippen MR) is 100.0 cm³/mol. The van der Waals surface area contributed by atoms with Gasteiger partial charge >= 0.3 is 0 Å².